The molecule has 1 aromatic carbocycles. The summed E-state index contributed by atoms with van der Waals surface area (Å²) in [7, 11) is 0. The van der Waals surface area contributed by atoms with Crippen molar-refractivity contribution in [1.29, 1.82) is 0 Å². The Balaban J connectivity index is 1.74. The highest BCUT2D eigenvalue weighted by Gasteiger charge is 2.63. The van der Waals surface area contributed by atoms with Gasteiger partial charge in [0.1, 0.15) is 23.9 Å². The van der Waals surface area contributed by atoms with Crippen molar-refractivity contribution in [1.82, 2.24) is 4.98 Å². The summed E-state index contributed by atoms with van der Waals surface area (Å²) >= 11 is 6.04. The van der Waals surface area contributed by atoms with Gasteiger partial charge in [-0.25, -0.2) is 13.2 Å². The standard InChI is InChI=1S/C23H25ClF3N3O/c1-21(2)23(26,27)22(3,30-19(28)12-31-21)17-9-13(4-7-18(17)25)8-14-5-6-15-10-16(24)11-29-20(14)15/h4,7,9-11,14H,5-6,8,12H2,1-3H3,(H2,28,30)/t14?,22-/m1/s1. The number of aliphatic imine (C=N–C) groups is 1. The summed E-state index contributed by atoms with van der Waals surface area (Å²) in [5.41, 5.74) is 4.32. The summed E-state index contributed by atoms with van der Waals surface area (Å²) < 4.78 is 51.5. The van der Waals surface area contributed by atoms with E-state index in [4.69, 9.17) is 22.1 Å². The van der Waals surface area contributed by atoms with E-state index in [1.54, 1.807) is 12.3 Å². The van der Waals surface area contributed by atoms with Crippen molar-refractivity contribution >= 4 is 17.4 Å². The van der Waals surface area contributed by atoms with Crippen molar-refractivity contribution in [3.05, 3.63) is 63.7 Å². The molecule has 0 amide bonds. The van der Waals surface area contributed by atoms with E-state index < -0.39 is 22.9 Å². The molecule has 4 rings (SSSR count). The van der Waals surface area contributed by atoms with Gasteiger partial charge in [0.05, 0.1) is 5.02 Å². The lowest BCUT2D eigenvalue weighted by Crippen LogP contribution is -2.56. The minimum atomic E-state index is -3.52. The van der Waals surface area contributed by atoms with E-state index in [0.29, 0.717) is 11.4 Å². The highest BCUT2D eigenvalue weighted by Crippen LogP contribution is 2.50. The maximum Gasteiger partial charge on any atom is 0.304 e. The number of ether oxygens (including phenoxy) is 1. The average molecular weight is 452 g/mol. The number of fused-ring (bicyclic) bond motifs is 1. The van der Waals surface area contributed by atoms with Gasteiger partial charge in [0, 0.05) is 23.4 Å². The third-order valence-corrected chi connectivity index (χ3v) is 6.68. The first-order chi connectivity index (χ1) is 14.4. The molecule has 0 radical (unpaired) electrons. The summed E-state index contributed by atoms with van der Waals surface area (Å²) in [4.78, 5) is 8.52. The van der Waals surface area contributed by atoms with Crippen LogP contribution in [0, 0.1) is 5.82 Å². The van der Waals surface area contributed by atoms with Gasteiger partial charge < -0.3 is 10.5 Å². The van der Waals surface area contributed by atoms with E-state index in [1.165, 1.54) is 32.9 Å². The van der Waals surface area contributed by atoms with Crippen LogP contribution >= 0.6 is 11.6 Å². The van der Waals surface area contributed by atoms with E-state index in [0.717, 1.165) is 29.7 Å². The predicted molar refractivity (Wildman–Crippen MR) is 114 cm³/mol. The lowest BCUT2D eigenvalue weighted by Gasteiger charge is -2.42. The Morgan fingerprint density at radius 3 is 2.71 bits per heavy atom. The zero-order chi connectivity index (χ0) is 22.6. The summed E-state index contributed by atoms with van der Waals surface area (Å²) in [5.74, 6) is -4.25. The summed E-state index contributed by atoms with van der Waals surface area (Å²) in [6.07, 6.45) is 3.88. The average Bonchev–Trinajstić information content (AvgIpc) is 3.06. The molecule has 0 bridgehead atoms. The van der Waals surface area contributed by atoms with Gasteiger partial charge in [0.25, 0.3) is 0 Å². The van der Waals surface area contributed by atoms with E-state index in [-0.39, 0.29) is 23.9 Å². The maximum absolute atomic E-state index is 15.6. The smallest absolute Gasteiger partial charge is 0.304 e. The van der Waals surface area contributed by atoms with E-state index >= 15 is 8.78 Å². The molecule has 0 fully saturated rings. The molecule has 1 aromatic heterocycles. The first kappa shape index (κ1) is 22.1. The minimum absolute atomic E-state index is 0.0941. The highest BCUT2D eigenvalue weighted by atomic mass is 35.5. The molecule has 0 spiro atoms. The van der Waals surface area contributed by atoms with Crippen molar-refractivity contribution in [2.75, 3.05) is 6.61 Å². The number of hydrogen-bond acceptors (Lipinski definition) is 4. The second-order valence-corrected chi connectivity index (χ2v) is 9.44. The van der Waals surface area contributed by atoms with Gasteiger partial charge in [-0.2, -0.15) is 0 Å². The lowest BCUT2D eigenvalue weighted by atomic mass is 9.77. The van der Waals surface area contributed by atoms with Gasteiger partial charge in [-0.15, -0.1) is 0 Å². The van der Waals surface area contributed by atoms with Crippen LogP contribution < -0.4 is 5.73 Å². The number of pyridine rings is 1. The fraction of sp³-hybridized carbons (Fsp3) is 0.478. The van der Waals surface area contributed by atoms with Crippen LogP contribution in [0.25, 0.3) is 0 Å². The van der Waals surface area contributed by atoms with Gasteiger partial charge in [0.15, 0.2) is 5.54 Å². The van der Waals surface area contributed by atoms with Crippen LogP contribution in [0.3, 0.4) is 0 Å². The number of alkyl halides is 2. The lowest BCUT2D eigenvalue weighted by molar-refractivity contribution is -0.214. The molecule has 0 saturated heterocycles. The van der Waals surface area contributed by atoms with Crippen LogP contribution in [-0.2, 0) is 23.1 Å². The molecule has 166 valence electrons. The zero-order valence-electron chi connectivity index (χ0n) is 17.7. The molecule has 1 aliphatic heterocycles. The number of nitrogens with zero attached hydrogens (tertiary/aromatic N) is 2. The second kappa shape index (κ2) is 7.48. The summed E-state index contributed by atoms with van der Waals surface area (Å²) in [6, 6.07) is 6.24. The van der Waals surface area contributed by atoms with Crippen LogP contribution in [0.5, 0.6) is 0 Å². The van der Waals surface area contributed by atoms with Crippen LogP contribution in [0.4, 0.5) is 13.2 Å². The molecule has 2 aromatic rings. The summed E-state index contributed by atoms with van der Waals surface area (Å²) in [6.45, 7) is 3.51. The Bertz CT molecular complexity index is 1060. The van der Waals surface area contributed by atoms with Crippen molar-refractivity contribution in [3.8, 4) is 0 Å². The number of aromatic nitrogens is 1. The fourth-order valence-corrected chi connectivity index (χ4v) is 4.81. The van der Waals surface area contributed by atoms with Crippen LogP contribution in [0.2, 0.25) is 5.02 Å². The molecular weight excluding hydrogens is 427 g/mol. The van der Waals surface area contributed by atoms with Crippen molar-refractivity contribution < 1.29 is 17.9 Å². The third kappa shape index (κ3) is 3.61. The molecule has 8 heteroatoms. The van der Waals surface area contributed by atoms with Gasteiger partial charge in [-0.05, 0) is 63.3 Å². The minimum Gasteiger partial charge on any atom is -0.385 e. The van der Waals surface area contributed by atoms with Crippen LogP contribution in [0.1, 0.15) is 55.5 Å². The third-order valence-electron chi connectivity index (χ3n) is 6.47. The maximum atomic E-state index is 15.6. The Labute approximate surface area is 184 Å². The number of nitrogens with two attached hydrogens (primary N) is 1. The van der Waals surface area contributed by atoms with E-state index in [1.807, 2.05) is 6.07 Å². The monoisotopic (exact) mass is 451 g/mol. The number of amidine groups is 1. The van der Waals surface area contributed by atoms with Gasteiger partial charge in [0.2, 0.25) is 0 Å². The fourth-order valence-electron chi connectivity index (χ4n) is 4.63. The zero-order valence-corrected chi connectivity index (χ0v) is 18.4. The first-order valence-electron chi connectivity index (χ1n) is 10.2. The molecule has 1 aliphatic carbocycles. The molecule has 2 aliphatic rings. The van der Waals surface area contributed by atoms with Crippen molar-refractivity contribution in [2.45, 2.75) is 63.0 Å². The van der Waals surface area contributed by atoms with Gasteiger partial charge in [-0.1, -0.05) is 23.7 Å². The Morgan fingerprint density at radius 2 is 1.97 bits per heavy atom. The Kier molecular flexibility index (Phi) is 5.33. The molecule has 31 heavy (non-hydrogen) atoms. The Morgan fingerprint density at radius 1 is 1.23 bits per heavy atom. The number of aryl methyl sites for hydroxylation is 1. The SMILES string of the molecule is CC1(C)OCC(N)=N[C@](C)(c2cc(CC3CCc4cc(Cl)cnc43)ccc2F)C1(F)F. The number of hydrogen-bond donors (Lipinski definition) is 1. The van der Waals surface area contributed by atoms with Gasteiger partial charge >= 0.3 is 5.92 Å². The van der Waals surface area contributed by atoms with Crippen LogP contribution in [0.15, 0.2) is 35.5 Å². The summed E-state index contributed by atoms with van der Waals surface area (Å²) in [5, 5.41) is 0.590. The molecule has 0 saturated carbocycles. The number of halogens is 4. The van der Waals surface area contributed by atoms with Crippen molar-refractivity contribution in [3.63, 3.8) is 0 Å². The molecule has 2 N–H and O–H groups in total. The number of benzene rings is 1. The van der Waals surface area contributed by atoms with E-state index in [2.05, 4.69) is 9.98 Å². The van der Waals surface area contributed by atoms with Gasteiger partial charge in [-0.3, -0.25) is 9.98 Å². The molecular formula is C23H25ClF3N3O. The predicted octanol–water partition coefficient (Wildman–Crippen LogP) is 5.16. The Hall–Kier alpha value is -2.12. The van der Waals surface area contributed by atoms with Crippen molar-refractivity contribution in [2.24, 2.45) is 10.7 Å². The van der Waals surface area contributed by atoms with Crippen LogP contribution in [-0.4, -0.2) is 29.0 Å². The second-order valence-electron chi connectivity index (χ2n) is 9.00. The van der Waals surface area contributed by atoms with E-state index in [9.17, 15) is 4.39 Å². The molecule has 4 nitrogen and oxygen atoms in total. The molecule has 2 heterocycles. The first-order valence-corrected chi connectivity index (χ1v) is 10.6. The number of rotatable bonds is 3. The molecule has 1 unspecified atom stereocenters. The molecule has 2 atom stereocenters. The highest BCUT2D eigenvalue weighted by molar-refractivity contribution is 6.30. The largest absolute Gasteiger partial charge is 0.385 e. The normalized spacial score (nSPS) is 26.8. The topological polar surface area (TPSA) is 60.5 Å². The quantitative estimate of drug-likeness (QED) is 0.700.